The van der Waals surface area contributed by atoms with Gasteiger partial charge in [-0.2, -0.15) is 5.10 Å². The van der Waals surface area contributed by atoms with E-state index in [0.29, 0.717) is 0 Å². The number of hydrogen-bond acceptors (Lipinski definition) is 3. The van der Waals surface area contributed by atoms with Crippen molar-refractivity contribution < 1.29 is 0 Å². The second-order valence-electron chi connectivity index (χ2n) is 6.49. The molecule has 1 fully saturated rings. The molecule has 4 heteroatoms. The smallest absolute Gasteiger partial charge is 0.0921 e. The molecule has 122 valence electrons. The normalized spacial score (nSPS) is 15.7. The van der Waals surface area contributed by atoms with Gasteiger partial charge < -0.3 is 0 Å². The van der Waals surface area contributed by atoms with E-state index in [-0.39, 0.29) is 0 Å². The molecule has 3 aromatic rings. The van der Waals surface area contributed by atoms with E-state index in [9.17, 15) is 0 Å². The second-order valence-corrected chi connectivity index (χ2v) is 6.49. The van der Waals surface area contributed by atoms with Gasteiger partial charge in [0.05, 0.1) is 11.2 Å². The monoisotopic (exact) mass is 318 g/mol. The number of fused-ring (bicyclic) bond motifs is 1. The molecule has 3 heterocycles. The van der Waals surface area contributed by atoms with Gasteiger partial charge in [-0.25, -0.2) is 0 Å². The Morgan fingerprint density at radius 1 is 1.08 bits per heavy atom. The van der Waals surface area contributed by atoms with Crippen molar-refractivity contribution in [1.82, 2.24) is 20.1 Å². The van der Waals surface area contributed by atoms with Crippen LogP contribution in [-0.2, 0) is 6.54 Å². The number of rotatable bonds is 4. The lowest BCUT2D eigenvalue weighted by Gasteiger charge is -2.26. The molecular weight excluding hydrogens is 296 g/mol. The minimum absolute atomic E-state index is 0.893. The molecule has 0 spiro atoms. The van der Waals surface area contributed by atoms with Gasteiger partial charge in [0, 0.05) is 29.9 Å². The molecule has 1 aliphatic heterocycles. The summed E-state index contributed by atoms with van der Waals surface area (Å²) in [5.74, 6) is 0. The number of likely N-dealkylation sites (tertiary alicyclic amines) is 1. The summed E-state index contributed by atoms with van der Waals surface area (Å²) in [6.45, 7) is 7.23. The van der Waals surface area contributed by atoms with Crippen LogP contribution >= 0.6 is 0 Å². The van der Waals surface area contributed by atoms with Gasteiger partial charge in [0.2, 0.25) is 0 Å². The van der Waals surface area contributed by atoms with E-state index in [1.165, 1.54) is 43.5 Å². The first kappa shape index (κ1) is 15.1. The molecule has 0 radical (unpaired) electrons. The molecule has 0 atom stereocenters. The van der Waals surface area contributed by atoms with Gasteiger partial charge in [0.25, 0.3) is 0 Å². The summed E-state index contributed by atoms with van der Waals surface area (Å²) in [7, 11) is 0. The molecule has 1 saturated heterocycles. The largest absolute Gasteiger partial charge is 0.299 e. The maximum atomic E-state index is 4.47. The Morgan fingerprint density at radius 2 is 1.96 bits per heavy atom. The Balaban J connectivity index is 1.63. The van der Waals surface area contributed by atoms with E-state index < -0.39 is 0 Å². The summed E-state index contributed by atoms with van der Waals surface area (Å²) in [5, 5.41) is 8.42. The lowest BCUT2D eigenvalue weighted by Crippen LogP contribution is -2.29. The molecular formula is C20H22N4. The highest BCUT2D eigenvalue weighted by Crippen LogP contribution is 2.26. The van der Waals surface area contributed by atoms with E-state index in [1.54, 1.807) is 6.08 Å². The highest BCUT2D eigenvalue weighted by atomic mass is 15.1. The summed E-state index contributed by atoms with van der Waals surface area (Å²) < 4.78 is 0. The van der Waals surface area contributed by atoms with Gasteiger partial charge >= 0.3 is 0 Å². The molecule has 1 aromatic carbocycles. The first-order valence-electron chi connectivity index (χ1n) is 8.61. The SMILES string of the molecule is C=Cc1n[nH]c2ccc(-c3cncc(CN4CCCCC4)c3)cc12. The Labute approximate surface area is 142 Å². The molecule has 0 saturated carbocycles. The zero-order valence-electron chi connectivity index (χ0n) is 13.8. The Bertz CT molecular complexity index is 859. The molecule has 4 nitrogen and oxygen atoms in total. The highest BCUT2D eigenvalue weighted by molar-refractivity contribution is 5.90. The maximum Gasteiger partial charge on any atom is 0.0921 e. The maximum absolute atomic E-state index is 4.47. The fourth-order valence-corrected chi connectivity index (χ4v) is 3.48. The van der Waals surface area contributed by atoms with Gasteiger partial charge in [-0.3, -0.25) is 15.0 Å². The standard InChI is InChI=1S/C20H22N4/c1-2-19-18-11-16(6-7-20(18)23-22-19)17-10-15(12-21-13-17)14-24-8-4-3-5-9-24/h2,6-7,10-13H,1,3-5,8-9,14H2,(H,22,23). The predicted molar refractivity (Wildman–Crippen MR) is 98.5 cm³/mol. The number of piperidine rings is 1. The lowest BCUT2D eigenvalue weighted by atomic mass is 10.0. The van der Waals surface area contributed by atoms with Crippen molar-refractivity contribution in [2.24, 2.45) is 0 Å². The van der Waals surface area contributed by atoms with Crippen molar-refractivity contribution in [1.29, 1.82) is 0 Å². The zero-order valence-corrected chi connectivity index (χ0v) is 13.8. The molecule has 0 aliphatic carbocycles. The summed E-state index contributed by atoms with van der Waals surface area (Å²) in [4.78, 5) is 6.99. The zero-order chi connectivity index (χ0) is 16.4. The van der Waals surface area contributed by atoms with E-state index in [1.807, 2.05) is 12.4 Å². The van der Waals surface area contributed by atoms with Gasteiger partial charge in [-0.1, -0.05) is 19.1 Å². The fraction of sp³-hybridized carbons (Fsp3) is 0.300. The van der Waals surface area contributed by atoms with Gasteiger partial charge in [-0.15, -0.1) is 0 Å². The van der Waals surface area contributed by atoms with Crippen molar-refractivity contribution in [2.45, 2.75) is 25.8 Å². The molecule has 4 rings (SSSR count). The average molecular weight is 318 g/mol. The van der Waals surface area contributed by atoms with Crippen molar-refractivity contribution in [3.05, 3.63) is 54.5 Å². The van der Waals surface area contributed by atoms with Crippen molar-refractivity contribution in [3.63, 3.8) is 0 Å². The quantitative estimate of drug-likeness (QED) is 0.782. The van der Waals surface area contributed by atoms with E-state index in [0.717, 1.165) is 28.7 Å². The summed E-state index contributed by atoms with van der Waals surface area (Å²) in [5.41, 5.74) is 5.53. The van der Waals surface area contributed by atoms with Crippen molar-refractivity contribution in [2.75, 3.05) is 13.1 Å². The summed E-state index contributed by atoms with van der Waals surface area (Å²) in [6, 6.07) is 8.62. The Morgan fingerprint density at radius 3 is 2.79 bits per heavy atom. The molecule has 0 bridgehead atoms. The van der Waals surface area contributed by atoms with E-state index >= 15 is 0 Å². The number of pyridine rings is 1. The summed E-state index contributed by atoms with van der Waals surface area (Å²) in [6.07, 6.45) is 9.71. The molecule has 24 heavy (non-hydrogen) atoms. The van der Waals surface area contributed by atoms with Crippen LogP contribution < -0.4 is 0 Å². The van der Waals surface area contributed by atoms with Gasteiger partial charge in [0.1, 0.15) is 0 Å². The van der Waals surface area contributed by atoms with Crippen LogP contribution in [-0.4, -0.2) is 33.2 Å². The first-order valence-corrected chi connectivity index (χ1v) is 8.61. The number of hydrogen-bond donors (Lipinski definition) is 1. The number of H-pyrrole nitrogens is 1. The molecule has 0 unspecified atom stereocenters. The third-order valence-corrected chi connectivity index (χ3v) is 4.77. The van der Waals surface area contributed by atoms with E-state index in [4.69, 9.17) is 0 Å². The molecule has 0 amide bonds. The Hall–Kier alpha value is -2.46. The number of nitrogens with one attached hydrogen (secondary N) is 1. The highest BCUT2D eigenvalue weighted by Gasteiger charge is 2.11. The van der Waals surface area contributed by atoms with Crippen LogP contribution in [0, 0.1) is 0 Å². The van der Waals surface area contributed by atoms with Crippen molar-refractivity contribution >= 4 is 17.0 Å². The van der Waals surface area contributed by atoms with Gasteiger partial charge in [-0.05, 0) is 61.3 Å². The first-order chi connectivity index (χ1) is 11.8. The minimum atomic E-state index is 0.893. The predicted octanol–water partition coefficient (Wildman–Crippen LogP) is 4.25. The minimum Gasteiger partial charge on any atom is -0.299 e. The van der Waals surface area contributed by atoms with Crippen LogP contribution in [0.15, 0.2) is 43.2 Å². The van der Waals surface area contributed by atoms with E-state index in [2.05, 4.69) is 50.9 Å². The van der Waals surface area contributed by atoms with Crippen LogP contribution in [0.3, 0.4) is 0 Å². The fourth-order valence-electron chi connectivity index (χ4n) is 3.48. The number of aromatic nitrogens is 3. The van der Waals surface area contributed by atoms with Crippen LogP contribution in [0.1, 0.15) is 30.5 Å². The van der Waals surface area contributed by atoms with Gasteiger partial charge in [0.15, 0.2) is 0 Å². The third kappa shape index (κ3) is 2.97. The van der Waals surface area contributed by atoms with Crippen LogP contribution in [0.5, 0.6) is 0 Å². The molecule has 1 N–H and O–H groups in total. The number of nitrogens with zero attached hydrogens (tertiary/aromatic N) is 3. The number of benzene rings is 1. The van der Waals surface area contributed by atoms with Crippen LogP contribution in [0.2, 0.25) is 0 Å². The Kier molecular flexibility index (Phi) is 4.13. The second kappa shape index (κ2) is 6.57. The number of aromatic amines is 1. The average Bonchev–Trinajstić information content (AvgIpc) is 3.05. The molecule has 1 aliphatic rings. The summed E-state index contributed by atoms with van der Waals surface area (Å²) >= 11 is 0. The lowest BCUT2D eigenvalue weighted by molar-refractivity contribution is 0.220. The third-order valence-electron chi connectivity index (χ3n) is 4.77. The van der Waals surface area contributed by atoms with Crippen molar-refractivity contribution in [3.8, 4) is 11.1 Å². The van der Waals surface area contributed by atoms with Crippen LogP contribution in [0.25, 0.3) is 28.1 Å². The topological polar surface area (TPSA) is 44.8 Å². The molecule has 2 aromatic heterocycles. The van der Waals surface area contributed by atoms with Crippen LogP contribution in [0.4, 0.5) is 0 Å².